The molecule has 1 atom stereocenters. The number of halogens is 7. The molecular weight excluding hydrogens is 476 g/mol. The first-order valence-electron chi connectivity index (χ1n) is 7.87. The zero-order chi connectivity index (χ0) is 20.9. The first-order chi connectivity index (χ1) is 12.8. The Kier molecular flexibility index (Phi) is 5.30. The Morgan fingerprint density at radius 3 is 2.04 bits per heavy atom. The highest BCUT2D eigenvalue weighted by molar-refractivity contribution is 9.10. The number of nitrogens with one attached hydrogen (secondary N) is 1. The third kappa shape index (κ3) is 4.36. The summed E-state index contributed by atoms with van der Waals surface area (Å²) >= 11 is 3.28. The predicted molar refractivity (Wildman–Crippen MR) is 92.0 cm³/mol. The van der Waals surface area contributed by atoms with E-state index in [0.717, 1.165) is 10.0 Å². The molecule has 3 rings (SSSR count). The number of rotatable bonds is 3. The van der Waals surface area contributed by atoms with Crippen LogP contribution in [0.5, 0.6) is 0 Å². The monoisotopic (exact) mass is 487 g/mol. The lowest BCUT2D eigenvalue weighted by Gasteiger charge is -2.17. The molecule has 0 radical (unpaired) electrons. The van der Waals surface area contributed by atoms with Crippen LogP contribution in [0.1, 0.15) is 34.7 Å². The van der Waals surface area contributed by atoms with Gasteiger partial charge < -0.3 is 0 Å². The van der Waals surface area contributed by atoms with Crippen molar-refractivity contribution in [3.8, 4) is 0 Å². The molecule has 0 amide bonds. The molecule has 2 aromatic carbocycles. The third-order valence-electron chi connectivity index (χ3n) is 4.35. The lowest BCUT2D eigenvalue weighted by molar-refractivity contribution is -0.143. The Morgan fingerprint density at radius 2 is 1.50 bits per heavy atom. The van der Waals surface area contributed by atoms with Gasteiger partial charge in [0, 0.05) is 10.5 Å². The number of hydrogen-bond donors (Lipinski definition) is 1. The van der Waals surface area contributed by atoms with Crippen molar-refractivity contribution in [2.75, 3.05) is 0 Å². The lowest BCUT2D eigenvalue weighted by atomic mass is 10.1. The van der Waals surface area contributed by atoms with Crippen LogP contribution in [0.4, 0.5) is 26.3 Å². The van der Waals surface area contributed by atoms with Gasteiger partial charge in [-0.25, -0.2) is 13.1 Å². The number of aryl methyl sites for hydroxylation is 1. The minimum Gasteiger partial charge on any atom is -0.207 e. The molecule has 28 heavy (non-hydrogen) atoms. The Morgan fingerprint density at radius 1 is 0.929 bits per heavy atom. The predicted octanol–water partition coefficient (Wildman–Crippen LogP) is 5.45. The van der Waals surface area contributed by atoms with Gasteiger partial charge in [0.15, 0.2) is 0 Å². The van der Waals surface area contributed by atoms with E-state index in [-0.39, 0.29) is 18.2 Å². The Hall–Kier alpha value is -1.59. The van der Waals surface area contributed by atoms with Crippen molar-refractivity contribution in [2.24, 2.45) is 0 Å². The van der Waals surface area contributed by atoms with Crippen LogP contribution in [0.25, 0.3) is 0 Å². The largest absolute Gasteiger partial charge is 0.416 e. The summed E-state index contributed by atoms with van der Waals surface area (Å²) in [5.41, 5.74) is -1.88. The summed E-state index contributed by atoms with van der Waals surface area (Å²) in [5, 5.41) is 0. The van der Waals surface area contributed by atoms with Gasteiger partial charge in [0.25, 0.3) is 0 Å². The summed E-state index contributed by atoms with van der Waals surface area (Å²) in [5.74, 6) is 0. The van der Waals surface area contributed by atoms with Crippen LogP contribution in [0.15, 0.2) is 45.8 Å². The van der Waals surface area contributed by atoms with Crippen LogP contribution in [-0.4, -0.2) is 8.42 Å². The molecule has 0 fully saturated rings. The minimum atomic E-state index is -5.13. The van der Waals surface area contributed by atoms with Crippen molar-refractivity contribution in [3.05, 3.63) is 63.1 Å². The van der Waals surface area contributed by atoms with Crippen molar-refractivity contribution < 1.29 is 34.8 Å². The topological polar surface area (TPSA) is 46.2 Å². The van der Waals surface area contributed by atoms with Crippen LogP contribution in [-0.2, 0) is 28.8 Å². The molecule has 3 nitrogen and oxygen atoms in total. The summed E-state index contributed by atoms with van der Waals surface area (Å²) in [4.78, 5) is -1.08. The van der Waals surface area contributed by atoms with E-state index in [0.29, 0.717) is 18.4 Å². The second kappa shape index (κ2) is 7.03. The highest BCUT2D eigenvalue weighted by Crippen LogP contribution is 2.38. The highest BCUT2D eigenvalue weighted by atomic mass is 79.9. The zero-order valence-electron chi connectivity index (χ0n) is 13.8. The molecule has 11 heteroatoms. The van der Waals surface area contributed by atoms with Crippen LogP contribution in [0.3, 0.4) is 0 Å². The molecule has 0 aliphatic heterocycles. The Labute approximate surface area is 164 Å². The van der Waals surface area contributed by atoms with Crippen LogP contribution in [0.2, 0.25) is 0 Å². The van der Waals surface area contributed by atoms with E-state index in [1.54, 1.807) is 18.2 Å². The average molecular weight is 488 g/mol. The Bertz CT molecular complexity index is 985. The molecule has 2 aromatic rings. The van der Waals surface area contributed by atoms with E-state index in [1.165, 1.54) is 0 Å². The molecule has 1 N–H and O–H groups in total. The standard InChI is InChI=1S/C17H12BrF6NO2S/c18-12-2-3-14-9(5-12)1-4-15(14)25-28(26,27)13-7-10(16(19,20)21)6-11(8-13)17(22,23)24/h2-3,5-8,15,25H,1,4H2. The molecule has 0 heterocycles. The van der Waals surface area contributed by atoms with Crippen LogP contribution in [0, 0.1) is 0 Å². The van der Waals surface area contributed by atoms with Crippen LogP contribution >= 0.6 is 15.9 Å². The molecular formula is C17H12BrF6NO2S. The molecule has 0 bridgehead atoms. The van der Waals surface area contributed by atoms with Gasteiger partial charge in [-0.05, 0) is 54.3 Å². The van der Waals surface area contributed by atoms with E-state index in [4.69, 9.17) is 0 Å². The summed E-state index contributed by atoms with van der Waals surface area (Å²) < 4.78 is 106. The summed E-state index contributed by atoms with van der Waals surface area (Å²) in [6.45, 7) is 0. The molecule has 0 saturated carbocycles. The third-order valence-corrected chi connectivity index (χ3v) is 6.30. The second-order valence-corrected chi connectivity index (χ2v) is 8.93. The average Bonchev–Trinajstić information content (AvgIpc) is 2.94. The lowest BCUT2D eigenvalue weighted by Crippen LogP contribution is -2.28. The molecule has 0 aromatic heterocycles. The van der Waals surface area contributed by atoms with E-state index in [2.05, 4.69) is 20.7 Å². The quantitative estimate of drug-likeness (QED) is 0.585. The first-order valence-corrected chi connectivity index (χ1v) is 10.1. The number of fused-ring (bicyclic) bond motifs is 1. The number of sulfonamides is 1. The van der Waals surface area contributed by atoms with Crippen molar-refractivity contribution >= 4 is 26.0 Å². The summed E-state index contributed by atoms with van der Waals surface area (Å²) in [7, 11) is -4.62. The fraction of sp³-hybridized carbons (Fsp3) is 0.294. The van der Waals surface area contributed by atoms with Crippen molar-refractivity contribution in [2.45, 2.75) is 36.1 Å². The number of benzene rings is 2. The van der Waals surface area contributed by atoms with E-state index >= 15 is 0 Å². The summed E-state index contributed by atoms with van der Waals surface area (Å²) in [6, 6.07) is 4.68. The highest BCUT2D eigenvalue weighted by Gasteiger charge is 2.39. The van der Waals surface area contributed by atoms with E-state index in [9.17, 15) is 34.8 Å². The van der Waals surface area contributed by atoms with Gasteiger partial charge in [0.2, 0.25) is 10.0 Å². The van der Waals surface area contributed by atoms with Crippen molar-refractivity contribution in [1.82, 2.24) is 4.72 Å². The van der Waals surface area contributed by atoms with Gasteiger partial charge in [-0.15, -0.1) is 0 Å². The van der Waals surface area contributed by atoms with Gasteiger partial charge in [0.1, 0.15) is 0 Å². The van der Waals surface area contributed by atoms with Crippen molar-refractivity contribution in [3.63, 3.8) is 0 Å². The fourth-order valence-corrected chi connectivity index (χ4v) is 4.77. The van der Waals surface area contributed by atoms with E-state index in [1.807, 2.05) is 0 Å². The summed E-state index contributed by atoms with van der Waals surface area (Å²) in [6.07, 6.45) is -9.38. The zero-order valence-corrected chi connectivity index (χ0v) is 16.2. The molecule has 1 unspecified atom stereocenters. The van der Waals surface area contributed by atoms with Gasteiger partial charge >= 0.3 is 12.4 Å². The normalized spacial score (nSPS) is 17.6. The smallest absolute Gasteiger partial charge is 0.207 e. The van der Waals surface area contributed by atoms with Gasteiger partial charge in [-0.1, -0.05) is 22.0 Å². The van der Waals surface area contributed by atoms with Crippen LogP contribution < -0.4 is 4.72 Å². The number of alkyl halides is 6. The fourth-order valence-electron chi connectivity index (χ4n) is 3.05. The van der Waals surface area contributed by atoms with Crippen molar-refractivity contribution in [1.29, 1.82) is 0 Å². The minimum absolute atomic E-state index is 0.110. The van der Waals surface area contributed by atoms with Gasteiger partial charge in [-0.3, -0.25) is 0 Å². The van der Waals surface area contributed by atoms with Gasteiger partial charge in [0.05, 0.1) is 16.0 Å². The SMILES string of the molecule is O=S(=O)(NC1CCc2cc(Br)ccc21)c1cc(C(F)(F)F)cc(C(F)(F)F)c1. The number of hydrogen-bond acceptors (Lipinski definition) is 2. The second-order valence-electron chi connectivity index (χ2n) is 6.30. The molecule has 1 aliphatic carbocycles. The molecule has 152 valence electrons. The maximum absolute atomic E-state index is 13.0. The maximum Gasteiger partial charge on any atom is 0.416 e. The molecule has 1 aliphatic rings. The van der Waals surface area contributed by atoms with Gasteiger partial charge in [-0.2, -0.15) is 26.3 Å². The Balaban J connectivity index is 2.01. The van der Waals surface area contributed by atoms with E-state index < -0.39 is 44.4 Å². The maximum atomic E-state index is 13.0. The molecule has 0 saturated heterocycles. The molecule has 0 spiro atoms. The first kappa shape index (κ1) is 21.1.